The van der Waals surface area contributed by atoms with Crippen LogP contribution in [-0.2, 0) is 10.0 Å². The number of anilines is 1. The van der Waals surface area contributed by atoms with E-state index in [2.05, 4.69) is 0 Å². The second-order valence-corrected chi connectivity index (χ2v) is 9.61. The highest BCUT2D eigenvalue weighted by atomic mass is 35.5. The summed E-state index contributed by atoms with van der Waals surface area (Å²) in [6, 6.07) is 9.90. The van der Waals surface area contributed by atoms with Gasteiger partial charge in [0.05, 0.1) is 4.34 Å². The Morgan fingerprint density at radius 2 is 1.92 bits per heavy atom. The first-order valence-electron chi connectivity index (χ1n) is 7.78. The quantitative estimate of drug-likeness (QED) is 0.804. The molecular formula is C16H18ClN3O3S2. The fraction of sp³-hybridized carbons (Fsp3) is 0.312. The van der Waals surface area contributed by atoms with Gasteiger partial charge in [-0.3, -0.25) is 4.79 Å². The van der Waals surface area contributed by atoms with Crippen LogP contribution in [0, 0.1) is 0 Å². The van der Waals surface area contributed by atoms with E-state index in [1.807, 2.05) is 0 Å². The van der Waals surface area contributed by atoms with Crippen molar-refractivity contribution >= 4 is 44.6 Å². The van der Waals surface area contributed by atoms with Gasteiger partial charge in [-0.15, -0.1) is 11.3 Å². The molecule has 0 unspecified atom stereocenters. The van der Waals surface area contributed by atoms with Crippen LogP contribution >= 0.6 is 22.9 Å². The van der Waals surface area contributed by atoms with E-state index in [-0.39, 0.29) is 16.7 Å². The maximum atomic E-state index is 12.7. The third-order valence-electron chi connectivity index (χ3n) is 4.02. The summed E-state index contributed by atoms with van der Waals surface area (Å²) in [5.74, 6) is -0.134. The Morgan fingerprint density at radius 3 is 2.60 bits per heavy atom. The highest BCUT2D eigenvalue weighted by Crippen LogP contribution is 2.28. The van der Waals surface area contributed by atoms with Crippen LogP contribution in [0.5, 0.6) is 0 Å². The van der Waals surface area contributed by atoms with Crippen LogP contribution in [0.2, 0.25) is 4.34 Å². The molecule has 0 saturated carbocycles. The molecule has 9 heteroatoms. The summed E-state index contributed by atoms with van der Waals surface area (Å²) in [6.45, 7) is 1.47. The van der Waals surface area contributed by atoms with Gasteiger partial charge in [0, 0.05) is 37.4 Å². The van der Waals surface area contributed by atoms with Gasteiger partial charge in [-0.2, -0.15) is 4.31 Å². The third kappa shape index (κ3) is 3.98. The number of benzene rings is 1. The highest BCUT2D eigenvalue weighted by Gasteiger charge is 2.29. The summed E-state index contributed by atoms with van der Waals surface area (Å²) in [5, 5.41) is 0. The zero-order valence-electron chi connectivity index (χ0n) is 13.4. The number of sulfonamides is 1. The Labute approximate surface area is 155 Å². The van der Waals surface area contributed by atoms with E-state index in [4.69, 9.17) is 17.3 Å². The molecule has 1 aromatic heterocycles. The Balaban J connectivity index is 1.73. The molecule has 2 aromatic rings. The van der Waals surface area contributed by atoms with Crippen LogP contribution in [-0.4, -0.2) is 49.7 Å². The van der Waals surface area contributed by atoms with E-state index in [0.717, 1.165) is 11.3 Å². The molecule has 1 amide bonds. The van der Waals surface area contributed by atoms with Crippen molar-refractivity contribution in [2.24, 2.45) is 0 Å². The first-order valence-corrected chi connectivity index (χ1v) is 10.4. The molecule has 6 nitrogen and oxygen atoms in total. The molecule has 1 fully saturated rings. The van der Waals surface area contributed by atoms with Crippen LogP contribution < -0.4 is 5.73 Å². The summed E-state index contributed by atoms with van der Waals surface area (Å²) in [6.07, 6.45) is 0.576. The Hall–Kier alpha value is -1.61. The number of halogens is 1. The maximum absolute atomic E-state index is 12.7. The van der Waals surface area contributed by atoms with Crippen LogP contribution in [0.15, 0.2) is 40.6 Å². The van der Waals surface area contributed by atoms with E-state index >= 15 is 0 Å². The molecule has 1 aliphatic heterocycles. The lowest BCUT2D eigenvalue weighted by Gasteiger charge is -2.21. The molecule has 2 heterocycles. The van der Waals surface area contributed by atoms with Gasteiger partial charge in [-0.1, -0.05) is 17.7 Å². The van der Waals surface area contributed by atoms with E-state index < -0.39 is 10.0 Å². The van der Waals surface area contributed by atoms with Crippen molar-refractivity contribution in [3.63, 3.8) is 0 Å². The predicted molar refractivity (Wildman–Crippen MR) is 99.5 cm³/mol. The van der Waals surface area contributed by atoms with E-state index in [1.54, 1.807) is 35.2 Å². The first kappa shape index (κ1) is 18.2. The zero-order valence-corrected chi connectivity index (χ0v) is 15.8. The number of amides is 1. The fourth-order valence-electron chi connectivity index (χ4n) is 2.76. The highest BCUT2D eigenvalue weighted by molar-refractivity contribution is 7.91. The first-order chi connectivity index (χ1) is 11.9. The lowest BCUT2D eigenvalue weighted by atomic mass is 10.1. The van der Waals surface area contributed by atoms with Crippen molar-refractivity contribution in [3.8, 4) is 0 Å². The second kappa shape index (κ2) is 7.33. The topological polar surface area (TPSA) is 83.7 Å². The number of nitrogen functional groups attached to an aromatic ring is 1. The van der Waals surface area contributed by atoms with Crippen molar-refractivity contribution in [1.82, 2.24) is 9.21 Å². The molecule has 1 aliphatic rings. The monoisotopic (exact) mass is 399 g/mol. The van der Waals surface area contributed by atoms with Crippen molar-refractivity contribution in [1.29, 1.82) is 0 Å². The molecule has 1 saturated heterocycles. The van der Waals surface area contributed by atoms with E-state index in [9.17, 15) is 13.2 Å². The minimum atomic E-state index is -3.58. The largest absolute Gasteiger partial charge is 0.399 e. The molecule has 3 rings (SSSR count). The molecule has 2 N–H and O–H groups in total. The fourth-order valence-corrected chi connectivity index (χ4v) is 5.86. The van der Waals surface area contributed by atoms with Gasteiger partial charge in [0.25, 0.3) is 15.9 Å². The predicted octanol–water partition coefficient (Wildman–Crippen LogP) is 2.52. The normalized spacial score (nSPS) is 16.6. The molecule has 0 spiro atoms. The summed E-state index contributed by atoms with van der Waals surface area (Å²) >= 11 is 6.90. The Kier molecular flexibility index (Phi) is 5.33. The summed E-state index contributed by atoms with van der Waals surface area (Å²) in [4.78, 5) is 14.3. The average molecular weight is 400 g/mol. The van der Waals surface area contributed by atoms with Crippen molar-refractivity contribution in [2.75, 3.05) is 31.9 Å². The molecule has 0 atom stereocenters. The number of thiophene rings is 1. The van der Waals surface area contributed by atoms with Crippen molar-refractivity contribution < 1.29 is 13.2 Å². The number of hydrogen-bond acceptors (Lipinski definition) is 5. The Bertz CT molecular complexity index is 882. The summed E-state index contributed by atoms with van der Waals surface area (Å²) in [5.41, 5.74) is 6.78. The number of hydrogen-bond donors (Lipinski definition) is 1. The van der Waals surface area contributed by atoms with Gasteiger partial charge < -0.3 is 10.6 Å². The molecule has 1 aromatic carbocycles. The standard InChI is InChI=1S/C16H18ClN3O3S2/c17-14-5-6-15(24-14)25(22,23)20-8-2-7-19(9-10-20)16(21)12-3-1-4-13(18)11-12/h1,3-6,11H,2,7-10,18H2. The van der Waals surface area contributed by atoms with Crippen molar-refractivity contribution in [2.45, 2.75) is 10.6 Å². The number of carbonyl (C=O) groups is 1. The minimum absolute atomic E-state index is 0.134. The van der Waals surface area contributed by atoms with Crippen LogP contribution in [0.3, 0.4) is 0 Å². The third-order valence-corrected chi connectivity index (χ3v) is 7.62. The van der Waals surface area contributed by atoms with E-state index in [0.29, 0.717) is 41.6 Å². The molecule has 0 radical (unpaired) electrons. The number of nitrogens with zero attached hydrogens (tertiary/aromatic N) is 2. The van der Waals surface area contributed by atoms with Gasteiger partial charge >= 0.3 is 0 Å². The minimum Gasteiger partial charge on any atom is -0.399 e. The average Bonchev–Trinajstić information content (AvgIpc) is 2.87. The van der Waals surface area contributed by atoms with E-state index in [1.165, 1.54) is 10.4 Å². The molecular weight excluding hydrogens is 382 g/mol. The van der Waals surface area contributed by atoms with Crippen LogP contribution in [0.1, 0.15) is 16.8 Å². The molecule has 25 heavy (non-hydrogen) atoms. The van der Waals surface area contributed by atoms with Crippen molar-refractivity contribution in [3.05, 3.63) is 46.3 Å². The Morgan fingerprint density at radius 1 is 1.12 bits per heavy atom. The number of rotatable bonds is 3. The summed E-state index contributed by atoms with van der Waals surface area (Å²) in [7, 11) is -3.58. The second-order valence-electron chi connectivity index (χ2n) is 5.73. The smallest absolute Gasteiger partial charge is 0.253 e. The van der Waals surface area contributed by atoms with Gasteiger partial charge in [0.2, 0.25) is 0 Å². The maximum Gasteiger partial charge on any atom is 0.253 e. The van der Waals surface area contributed by atoms with Gasteiger partial charge in [0.1, 0.15) is 4.21 Å². The van der Waals surface area contributed by atoms with Gasteiger partial charge in [-0.05, 0) is 36.8 Å². The van der Waals surface area contributed by atoms with Gasteiger partial charge in [0.15, 0.2) is 0 Å². The number of carbonyl (C=O) groups excluding carboxylic acids is 1. The SMILES string of the molecule is Nc1cccc(C(=O)N2CCCN(S(=O)(=O)c3ccc(Cl)s3)CC2)c1. The lowest BCUT2D eigenvalue weighted by Crippen LogP contribution is -2.37. The summed E-state index contributed by atoms with van der Waals surface area (Å²) < 4.78 is 27.5. The van der Waals surface area contributed by atoms with Crippen LogP contribution in [0.4, 0.5) is 5.69 Å². The number of nitrogens with two attached hydrogens (primary N) is 1. The zero-order chi connectivity index (χ0) is 18.0. The molecule has 134 valence electrons. The van der Waals surface area contributed by atoms with Crippen LogP contribution in [0.25, 0.3) is 0 Å². The van der Waals surface area contributed by atoms with Gasteiger partial charge in [-0.25, -0.2) is 8.42 Å². The molecule has 0 bridgehead atoms. The lowest BCUT2D eigenvalue weighted by molar-refractivity contribution is 0.0764. The molecule has 0 aliphatic carbocycles.